The standard InChI is InChI=1S/C68H95N11O17/c1-7-65(8-2,42-90-38-50-35-78(74-71-50)26-16-12-14-18-63(84)85)43-93-47-67(10-4,45-92-40-52-37-79(76-73-52)27-28-89-30-29-87-5)48-94-46-66(9-3,41-88-6)44-91-39-51-36-77(75-72-51)25-15-11-13-17-61(82)69-34-62(83)70-49-19-22-56-55(31-49)64(86)96-68(56)57-23-20-53(80)32-59(57)95-60-33-54(81)21-24-58(60)68/h19-24,31-33,35-37,80-81H,7-18,25-30,34,38-48H2,1-6H3,(H,69,82)(H,70,83)(H,84,85). The molecule has 5 heterocycles. The molecule has 0 aliphatic carbocycles. The van der Waals surface area contributed by atoms with Crippen LogP contribution in [0.5, 0.6) is 23.0 Å². The van der Waals surface area contributed by atoms with E-state index in [1.807, 2.05) is 18.6 Å². The second-order valence-corrected chi connectivity index (χ2v) is 25.0. The fourth-order valence-electron chi connectivity index (χ4n) is 11.6. The van der Waals surface area contributed by atoms with Gasteiger partial charge >= 0.3 is 11.9 Å². The zero-order chi connectivity index (χ0) is 68.4. The average molecular weight is 1340 g/mol. The number of carbonyl (C=O) groups is 4. The molecule has 2 amide bonds. The topological polar surface area (TPSA) is 337 Å². The predicted octanol–water partition coefficient (Wildman–Crippen LogP) is 8.29. The van der Waals surface area contributed by atoms with Crippen molar-refractivity contribution in [3.8, 4) is 23.0 Å². The minimum atomic E-state index is -1.44. The van der Waals surface area contributed by atoms with Gasteiger partial charge in [0.1, 0.15) is 40.1 Å². The number of nitrogens with one attached hydrogen (secondary N) is 2. The van der Waals surface area contributed by atoms with Crippen LogP contribution >= 0.6 is 0 Å². The number of phenolic OH excluding ortho intramolecular Hbond substituents is 2. The number of aliphatic carboxylic acids is 1. The number of esters is 1. The first kappa shape index (κ1) is 73.8. The highest BCUT2D eigenvalue weighted by Crippen LogP contribution is 2.57. The van der Waals surface area contributed by atoms with Gasteiger partial charge in [-0.05, 0) is 87.8 Å². The molecule has 6 aromatic rings. The number of methoxy groups -OCH3 is 2. The van der Waals surface area contributed by atoms with Crippen molar-refractivity contribution >= 4 is 29.4 Å². The molecular weight excluding hydrogens is 1240 g/mol. The average Bonchev–Trinajstić information content (AvgIpc) is 1.47. The number of unbranched alkanes of at least 4 members (excludes halogenated alkanes) is 4. The number of aromatic hydroxyl groups is 2. The summed E-state index contributed by atoms with van der Waals surface area (Å²) in [5.41, 5.74) is 1.34. The van der Waals surface area contributed by atoms with Crippen molar-refractivity contribution < 1.29 is 81.9 Å². The van der Waals surface area contributed by atoms with Crippen molar-refractivity contribution in [1.29, 1.82) is 0 Å². The van der Waals surface area contributed by atoms with E-state index < -0.39 is 34.3 Å². The zero-order valence-electron chi connectivity index (χ0n) is 56.2. The molecule has 524 valence electrons. The van der Waals surface area contributed by atoms with Gasteiger partial charge in [-0.3, -0.25) is 23.7 Å². The Labute approximate surface area is 559 Å². The van der Waals surface area contributed by atoms with Crippen molar-refractivity contribution in [1.82, 2.24) is 50.3 Å². The Morgan fingerprint density at radius 1 is 0.531 bits per heavy atom. The van der Waals surface area contributed by atoms with Crippen molar-refractivity contribution in [3.63, 3.8) is 0 Å². The Balaban J connectivity index is 0.768. The van der Waals surface area contributed by atoms with E-state index in [1.54, 1.807) is 52.5 Å². The van der Waals surface area contributed by atoms with Gasteiger partial charge in [0, 0.05) is 90.9 Å². The molecule has 3 aromatic carbocycles. The van der Waals surface area contributed by atoms with Gasteiger partial charge in [0.05, 0.1) is 130 Å². The third-order valence-corrected chi connectivity index (χ3v) is 17.8. The van der Waals surface area contributed by atoms with Crippen molar-refractivity contribution in [2.45, 2.75) is 150 Å². The van der Waals surface area contributed by atoms with Crippen molar-refractivity contribution in [3.05, 3.63) is 113 Å². The van der Waals surface area contributed by atoms with Crippen molar-refractivity contribution in [2.24, 2.45) is 16.2 Å². The Morgan fingerprint density at radius 2 is 1.02 bits per heavy atom. The second kappa shape index (κ2) is 36.4. The minimum Gasteiger partial charge on any atom is -0.508 e. The number of aromatic nitrogens is 9. The number of anilines is 1. The highest BCUT2D eigenvalue weighted by molar-refractivity contribution is 6.00. The number of carbonyl (C=O) groups excluding carboxylic acids is 3. The largest absolute Gasteiger partial charge is 0.508 e. The third-order valence-electron chi connectivity index (χ3n) is 17.8. The van der Waals surface area contributed by atoms with Crippen LogP contribution in [0.3, 0.4) is 0 Å². The summed E-state index contributed by atoms with van der Waals surface area (Å²) < 4.78 is 66.4. The van der Waals surface area contributed by atoms with Crippen LogP contribution in [-0.4, -0.2) is 177 Å². The number of rotatable bonds is 47. The smallest absolute Gasteiger partial charge is 0.340 e. The predicted molar refractivity (Wildman–Crippen MR) is 348 cm³/mol. The molecule has 1 spiro atoms. The van der Waals surface area contributed by atoms with Gasteiger partial charge in [-0.15, -0.1) is 15.3 Å². The number of nitrogens with zero attached hydrogens (tertiary/aromatic N) is 9. The summed E-state index contributed by atoms with van der Waals surface area (Å²) in [6.07, 6.45) is 13.3. The van der Waals surface area contributed by atoms with Gasteiger partial charge in [0.15, 0.2) is 5.60 Å². The zero-order valence-corrected chi connectivity index (χ0v) is 56.2. The van der Waals surface area contributed by atoms with Crippen LogP contribution in [-0.2, 0) is 102 Å². The van der Waals surface area contributed by atoms with Crippen LogP contribution in [0.15, 0.2) is 73.2 Å². The lowest BCUT2D eigenvalue weighted by Crippen LogP contribution is -2.42. The second-order valence-electron chi connectivity index (χ2n) is 25.0. The quantitative estimate of drug-likeness (QED) is 0.0177. The lowest BCUT2D eigenvalue weighted by molar-refractivity contribution is -0.137. The Kier molecular flexibility index (Phi) is 28.0. The fourth-order valence-corrected chi connectivity index (χ4v) is 11.6. The van der Waals surface area contributed by atoms with E-state index in [0.717, 1.165) is 44.2 Å². The van der Waals surface area contributed by atoms with Crippen LogP contribution in [0, 0.1) is 16.2 Å². The number of hydrogen-bond donors (Lipinski definition) is 5. The SMILES string of the molecule is CCC(CC)(COCc1cn(CCCCCC(=O)O)nn1)COCC(CC)(COCc1cn(CCOCCOC)nn1)COCC(CC)(COC)COCc1cn(CCCCCC(=O)NCC(=O)Nc2ccc3c(c2)C(=O)OC32c3ccc(O)cc3Oc3cc(O)ccc32)nn1. The Bertz CT molecular complexity index is 3390. The number of amides is 2. The van der Waals surface area contributed by atoms with E-state index in [9.17, 15) is 29.4 Å². The highest BCUT2D eigenvalue weighted by atomic mass is 16.6. The van der Waals surface area contributed by atoms with Gasteiger partial charge < -0.3 is 73.3 Å². The number of fused-ring (bicyclic) bond motifs is 6. The molecule has 2 atom stereocenters. The van der Waals surface area contributed by atoms with Gasteiger partial charge in [0.25, 0.3) is 0 Å². The number of aryl methyl sites for hydroxylation is 2. The molecule has 2 aliphatic rings. The van der Waals surface area contributed by atoms with E-state index in [2.05, 4.69) is 69.3 Å². The van der Waals surface area contributed by atoms with Gasteiger partial charge in [0.2, 0.25) is 11.8 Å². The van der Waals surface area contributed by atoms with Gasteiger partial charge in [-0.2, -0.15) is 0 Å². The molecule has 2 aliphatic heterocycles. The van der Waals surface area contributed by atoms with Gasteiger partial charge in [-0.1, -0.05) is 62.2 Å². The summed E-state index contributed by atoms with van der Waals surface area (Å²) in [7, 11) is 3.31. The first-order valence-electron chi connectivity index (χ1n) is 33.1. The number of carboxylic acid groups (broad SMARTS) is 1. The van der Waals surface area contributed by atoms with Crippen LogP contribution in [0.2, 0.25) is 0 Å². The number of phenols is 2. The van der Waals surface area contributed by atoms with E-state index in [-0.39, 0.29) is 72.5 Å². The van der Waals surface area contributed by atoms with E-state index >= 15 is 0 Å². The first-order chi connectivity index (χ1) is 46.5. The highest BCUT2D eigenvalue weighted by Gasteiger charge is 2.54. The Hall–Kier alpha value is -7.96. The molecular formula is C68H95N11O17. The molecule has 3 aromatic heterocycles. The van der Waals surface area contributed by atoms with E-state index in [1.165, 1.54) is 30.3 Å². The molecule has 0 saturated carbocycles. The summed E-state index contributed by atoms with van der Waals surface area (Å²) in [5, 5.41) is 60.7. The number of ether oxygens (including phenoxy) is 10. The monoisotopic (exact) mass is 1340 g/mol. The summed E-state index contributed by atoms with van der Waals surface area (Å²) in [6, 6.07) is 13.8. The summed E-state index contributed by atoms with van der Waals surface area (Å²) in [5.74, 6) is -1.79. The van der Waals surface area contributed by atoms with E-state index in [0.29, 0.717) is 158 Å². The third kappa shape index (κ3) is 20.5. The van der Waals surface area contributed by atoms with E-state index in [4.69, 9.17) is 52.5 Å². The molecule has 8 rings (SSSR count). The van der Waals surface area contributed by atoms with Crippen molar-refractivity contribution in [2.75, 3.05) is 98.8 Å². The first-order valence-corrected chi connectivity index (χ1v) is 33.1. The molecule has 0 radical (unpaired) electrons. The van der Waals surface area contributed by atoms with Crippen LogP contribution in [0.4, 0.5) is 5.69 Å². The van der Waals surface area contributed by atoms with Crippen LogP contribution in [0.25, 0.3) is 0 Å². The summed E-state index contributed by atoms with van der Waals surface area (Å²) in [4.78, 5) is 50.3. The minimum absolute atomic E-state index is 0.0570. The van der Waals surface area contributed by atoms with Crippen LogP contribution < -0.4 is 15.4 Å². The lowest BCUT2D eigenvalue weighted by atomic mass is 9.77. The summed E-state index contributed by atoms with van der Waals surface area (Å²) in [6.45, 7) is 15.3. The Morgan fingerprint density at radius 3 is 1.54 bits per heavy atom. The maximum Gasteiger partial charge on any atom is 0.340 e. The van der Waals surface area contributed by atoms with Gasteiger partial charge in [-0.25, -0.2) is 9.48 Å². The number of benzene rings is 3. The molecule has 96 heavy (non-hydrogen) atoms. The number of carboxylic acids is 1. The molecule has 28 heteroatoms. The normalized spacial score (nSPS) is 14.3. The lowest BCUT2D eigenvalue weighted by Gasteiger charge is -2.37. The maximum absolute atomic E-state index is 13.5. The molecule has 28 nitrogen and oxygen atoms in total. The number of hydrogen-bond acceptors (Lipinski definition) is 22. The fraction of sp³-hybridized carbons (Fsp3) is 0.588. The molecule has 0 bridgehead atoms. The summed E-state index contributed by atoms with van der Waals surface area (Å²) >= 11 is 0. The molecule has 0 fully saturated rings. The van der Waals surface area contributed by atoms with Crippen LogP contribution in [0.1, 0.15) is 149 Å². The molecule has 5 N–H and O–H groups in total. The molecule has 2 unspecified atom stereocenters. The maximum atomic E-state index is 13.5. The molecule has 0 saturated heterocycles.